The van der Waals surface area contributed by atoms with Gasteiger partial charge in [-0.05, 0) is 42.5 Å². The Hall–Kier alpha value is -1.32. The van der Waals surface area contributed by atoms with Gasteiger partial charge in [0.1, 0.15) is 0 Å². The van der Waals surface area contributed by atoms with Crippen LogP contribution in [0.1, 0.15) is 36.8 Å². The Bertz CT molecular complexity index is 476. The number of benzene rings is 1. The van der Waals surface area contributed by atoms with Gasteiger partial charge in [0.2, 0.25) is 0 Å². The molecule has 0 fully saturated rings. The molecule has 102 valence electrons. The fraction of sp³-hybridized carbons (Fsp3) is 0.375. The summed E-state index contributed by atoms with van der Waals surface area (Å²) in [7, 11) is 0. The van der Waals surface area contributed by atoms with E-state index >= 15 is 0 Å². The predicted octanol–water partition coefficient (Wildman–Crippen LogP) is 4.18. The molecule has 1 aromatic carbocycles. The molecule has 0 amide bonds. The van der Waals surface area contributed by atoms with Crippen LogP contribution in [-0.2, 0) is 6.54 Å². The molecule has 1 unspecified atom stereocenters. The van der Waals surface area contributed by atoms with E-state index in [9.17, 15) is 0 Å². The molecule has 2 nitrogen and oxygen atoms in total. The Labute approximate surface area is 119 Å². The molecule has 2 rings (SSSR count). The molecule has 0 radical (unpaired) electrons. The molecule has 0 aliphatic heterocycles. The summed E-state index contributed by atoms with van der Waals surface area (Å²) in [6, 6.07) is 13.1. The number of hydrogen-bond acceptors (Lipinski definition) is 3. The molecule has 1 heterocycles. The van der Waals surface area contributed by atoms with Crippen LogP contribution in [-0.4, -0.2) is 6.54 Å². The lowest BCUT2D eigenvalue weighted by Gasteiger charge is -2.23. The fourth-order valence-corrected chi connectivity index (χ4v) is 2.86. The smallest absolute Gasteiger partial charge is 0.0522 e. The number of nitrogens with two attached hydrogens (primary N) is 1. The van der Waals surface area contributed by atoms with Crippen LogP contribution in [0.2, 0.25) is 0 Å². The molecule has 0 saturated carbocycles. The monoisotopic (exact) mass is 274 g/mol. The zero-order valence-electron chi connectivity index (χ0n) is 11.7. The predicted molar refractivity (Wildman–Crippen MR) is 84.7 cm³/mol. The van der Waals surface area contributed by atoms with Gasteiger partial charge in [-0.1, -0.05) is 25.1 Å². The summed E-state index contributed by atoms with van der Waals surface area (Å²) >= 11 is 1.81. The third kappa shape index (κ3) is 3.58. The van der Waals surface area contributed by atoms with Gasteiger partial charge in [0.15, 0.2) is 0 Å². The fourth-order valence-electron chi connectivity index (χ4n) is 2.14. The lowest BCUT2D eigenvalue weighted by molar-refractivity contribution is 0.698. The highest BCUT2D eigenvalue weighted by molar-refractivity contribution is 7.09. The second-order valence-electron chi connectivity index (χ2n) is 4.70. The molecule has 2 aromatic rings. The minimum absolute atomic E-state index is 0.154. The normalized spacial score (nSPS) is 12.4. The van der Waals surface area contributed by atoms with Gasteiger partial charge in [-0.15, -0.1) is 11.3 Å². The van der Waals surface area contributed by atoms with E-state index in [1.54, 1.807) is 0 Å². The van der Waals surface area contributed by atoms with Gasteiger partial charge in [0, 0.05) is 23.2 Å². The van der Waals surface area contributed by atoms with Crippen LogP contribution in [0.3, 0.4) is 0 Å². The van der Waals surface area contributed by atoms with Crippen LogP contribution < -0.4 is 10.6 Å². The van der Waals surface area contributed by atoms with Crippen LogP contribution in [0, 0.1) is 0 Å². The van der Waals surface area contributed by atoms with E-state index in [2.05, 4.69) is 60.5 Å². The molecule has 0 aliphatic rings. The first-order chi connectivity index (χ1) is 9.24. The van der Waals surface area contributed by atoms with E-state index in [1.165, 1.54) is 16.1 Å². The van der Waals surface area contributed by atoms with Crippen LogP contribution in [0.15, 0.2) is 41.8 Å². The largest absolute Gasteiger partial charge is 0.367 e. The summed E-state index contributed by atoms with van der Waals surface area (Å²) in [6.45, 7) is 6.30. The molecular weight excluding hydrogens is 252 g/mol. The molecule has 0 aliphatic carbocycles. The molecule has 2 N–H and O–H groups in total. The number of thiophene rings is 1. The highest BCUT2D eigenvalue weighted by Gasteiger charge is 2.08. The number of nitrogens with zero attached hydrogens (tertiary/aromatic N) is 1. The first-order valence-electron chi connectivity index (χ1n) is 6.87. The Balaban J connectivity index is 2.10. The van der Waals surface area contributed by atoms with Crippen molar-refractivity contribution >= 4 is 17.0 Å². The van der Waals surface area contributed by atoms with E-state index in [0.29, 0.717) is 0 Å². The molecule has 1 aromatic heterocycles. The Kier molecular flexibility index (Phi) is 5.00. The average Bonchev–Trinajstić information content (AvgIpc) is 2.97. The summed E-state index contributed by atoms with van der Waals surface area (Å²) < 4.78 is 0. The standard InChI is InChI=1S/C16H22N2S/c1-3-16(17)13-7-9-14(10-8-13)18(4-2)12-15-6-5-11-19-15/h5-11,16H,3-4,12,17H2,1-2H3. The number of hydrogen-bond donors (Lipinski definition) is 1. The van der Waals surface area contributed by atoms with E-state index < -0.39 is 0 Å². The van der Waals surface area contributed by atoms with Gasteiger partial charge in [-0.3, -0.25) is 0 Å². The lowest BCUT2D eigenvalue weighted by Crippen LogP contribution is -2.21. The van der Waals surface area contributed by atoms with Crippen molar-refractivity contribution in [2.24, 2.45) is 5.73 Å². The Morgan fingerprint density at radius 1 is 1.16 bits per heavy atom. The summed E-state index contributed by atoms with van der Waals surface area (Å²) in [5.41, 5.74) is 8.54. The number of anilines is 1. The van der Waals surface area contributed by atoms with Crippen molar-refractivity contribution < 1.29 is 0 Å². The minimum Gasteiger partial charge on any atom is -0.367 e. The average molecular weight is 274 g/mol. The first-order valence-corrected chi connectivity index (χ1v) is 7.75. The van der Waals surface area contributed by atoms with Crippen LogP contribution in [0.5, 0.6) is 0 Å². The van der Waals surface area contributed by atoms with E-state index in [-0.39, 0.29) is 6.04 Å². The van der Waals surface area contributed by atoms with Gasteiger partial charge < -0.3 is 10.6 Å². The van der Waals surface area contributed by atoms with Crippen molar-refractivity contribution in [3.8, 4) is 0 Å². The highest BCUT2D eigenvalue weighted by atomic mass is 32.1. The SMILES string of the molecule is CCC(N)c1ccc(N(CC)Cc2cccs2)cc1. The van der Waals surface area contributed by atoms with Gasteiger partial charge in [-0.2, -0.15) is 0 Å². The van der Waals surface area contributed by atoms with Crippen LogP contribution >= 0.6 is 11.3 Å². The Morgan fingerprint density at radius 3 is 2.42 bits per heavy atom. The second-order valence-corrected chi connectivity index (χ2v) is 5.73. The van der Waals surface area contributed by atoms with E-state index in [1.807, 2.05) is 11.3 Å². The van der Waals surface area contributed by atoms with Gasteiger partial charge >= 0.3 is 0 Å². The molecule has 1 atom stereocenters. The quantitative estimate of drug-likeness (QED) is 0.856. The third-order valence-corrected chi connectivity index (χ3v) is 4.30. The second kappa shape index (κ2) is 6.73. The van der Waals surface area contributed by atoms with Gasteiger partial charge in [0.05, 0.1) is 6.54 Å². The molecule has 0 spiro atoms. The number of rotatable bonds is 6. The molecular formula is C16H22N2S. The highest BCUT2D eigenvalue weighted by Crippen LogP contribution is 2.22. The van der Waals surface area contributed by atoms with E-state index in [4.69, 9.17) is 5.73 Å². The van der Waals surface area contributed by atoms with E-state index in [0.717, 1.165) is 19.5 Å². The summed E-state index contributed by atoms with van der Waals surface area (Å²) in [4.78, 5) is 3.78. The summed E-state index contributed by atoms with van der Waals surface area (Å²) in [6.07, 6.45) is 0.978. The van der Waals surface area contributed by atoms with Crippen LogP contribution in [0.4, 0.5) is 5.69 Å². The van der Waals surface area contributed by atoms with Crippen molar-refractivity contribution in [1.82, 2.24) is 0 Å². The first kappa shape index (κ1) is 14.1. The topological polar surface area (TPSA) is 29.3 Å². The van der Waals surface area contributed by atoms with Crippen molar-refractivity contribution in [1.29, 1.82) is 0 Å². The molecule has 19 heavy (non-hydrogen) atoms. The molecule has 0 bridgehead atoms. The molecule has 3 heteroatoms. The minimum atomic E-state index is 0.154. The van der Waals surface area contributed by atoms with Crippen molar-refractivity contribution in [2.75, 3.05) is 11.4 Å². The maximum absolute atomic E-state index is 6.05. The van der Waals surface area contributed by atoms with Crippen molar-refractivity contribution in [3.05, 3.63) is 52.2 Å². The third-order valence-electron chi connectivity index (χ3n) is 3.43. The maximum atomic E-state index is 6.05. The van der Waals surface area contributed by atoms with Crippen LogP contribution in [0.25, 0.3) is 0 Å². The molecule has 0 saturated heterocycles. The summed E-state index contributed by atoms with van der Waals surface area (Å²) in [5, 5.41) is 2.13. The van der Waals surface area contributed by atoms with Crippen molar-refractivity contribution in [3.63, 3.8) is 0 Å². The van der Waals surface area contributed by atoms with Gasteiger partial charge in [-0.25, -0.2) is 0 Å². The summed E-state index contributed by atoms with van der Waals surface area (Å²) in [5.74, 6) is 0. The maximum Gasteiger partial charge on any atom is 0.0522 e. The van der Waals surface area contributed by atoms with Crippen molar-refractivity contribution in [2.45, 2.75) is 32.9 Å². The Morgan fingerprint density at radius 2 is 1.89 bits per heavy atom. The zero-order valence-corrected chi connectivity index (χ0v) is 12.5. The zero-order chi connectivity index (χ0) is 13.7. The lowest BCUT2D eigenvalue weighted by atomic mass is 10.1. The van der Waals surface area contributed by atoms with Gasteiger partial charge in [0.25, 0.3) is 0 Å².